The molecular weight excluding hydrogens is 270 g/mol. The maximum atomic E-state index is 12.5. The van der Waals surface area contributed by atoms with E-state index in [0.29, 0.717) is 11.4 Å². The van der Waals surface area contributed by atoms with Crippen molar-refractivity contribution in [2.45, 2.75) is 19.4 Å². The maximum Gasteiger partial charge on any atom is 0.270 e. The van der Waals surface area contributed by atoms with Crippen LogP contribution in [0.4, 0.5) is 5.69 Å². The molecule has 0 saturated carbocycles. The average Bonchev–Trinajstić information content (AvgIpc) is 2.88. The minimum atomic E-state index is 0.0153. The van der Waals surface area contributed by atoms with E-state index in [4.69, 9.17) is 5.73 Å². The molecule has 2 rings (SSSR count). The lowest BCUT2D eigenvalue weighted by molar-refractivity contribution is 0.0738. The van der Waals surface area contributed by atoms with Crippen molar-refractivity contribution in [3.05, 3.63) is 30.0 Å². The van der Waals surface area contributed by atoms with E-state index in [9.17, 15) is 4.79 Å². The summed E-state index contributed by atoms with van der Waals surface area (Å²) in [6.45, 7) is 2.11. The monoisotopic (exact) mass is 291 g/mol. The number of nitrogens with one attached hydrogen (secondary N) is 1. The van der Waals surface area contributed by atoms with Gasteiger partial charge in [-0.15, -0.1) is 0 Å². The Morgan fingerprint density at radius 1 is 1.50 bits per heavy atom. The number of para-hydroxylation sites is 1. The number of H-pyrrole nitrogens is 1. The molecule has 20 heavy (non-hydrogen) atoms. The van der Waals surface area contributed by atoms with Crippen LogP contribution < -0.4 is 5.73 Å². The number of hydrogen-bond acceptors (Lipinski definition) is 3. The van der Waals surface area contributed by atoms with Gasteiger partial charge in [-0.05, 0) is 24.8 Å². The Bertz CT molecular complexity index is 608. The minimum Gasteiger partial charge on any atom is -0.397 e. The van der Waals surface area contributed by atoms with E-state index in [0.717, 1.165) is 23.1 Å². The second-order valence-electron chi connectivity index (χ2n) is 4.93. The van der Waals surface area contributed by atoms with Gasteiger partial charge in [0, 0.05) is 24.2 Å². The van der Waals surface area contributed by atoms with E-state index in [1.807, 2.05) is 36.2 Å². The third-order valence-electron chi connectivity index (χ3n) is 3.62. The number of thioether (sulfide) groups is 1. The first-order valence-electron chi connectivity index (χ1n) is 6.71. The molecule has 0 saturated heterocycles. The van der Waals surface area contributed by atoms with E-state index >= 15 is 0 Å². The highest BCUT2D eigenvalue weighted by molar-refractivity contribution is 7.98. The number of benzene rings is 1. The van der Waals surface area contributed by atoms with Gasteiger partial charge in [-0.2, -0.15) is 11.8 Å². The van der Waals surface area contributed by atoms with Crippen LogP contribution in [-0.4, -0.2) is 40.9 Å². The van der Waals surface area contributed by atoms with Gasteiger partial charge in [0.2, 0.25) is 0 Å². The van der Waals surface area contributed by atoms with Crippen LogP contribution in [0.25, 0.3) is 10.9 Å². The van der Waals surface area contributed by atoms with Crippen molar-refractivity contribution in [2.24, 2.45) is 0 Å². The fourth-order valence-electron chi connectivity index (χ4n) is 2.35. The molecule has 3 N–H and O–H groups in total. The number of anilines is 1. The van der Waals surface area contributed by atoms with Gasteiger partial charge in [0.05, 0.1) is 11.2 Å². The standard InChI is InChI=1S/C15H21N3OS/c1-4-11(9-20-3)18(2)15(19)13-8-10-6-5-7-12(16)14(10)17-13/h5-8,11,17H,4,9,16H2,1-3H3. The first-order chi connectivity index (χ1) is 9.58. The van der Waals surface area contributed by atoms with Gasteiger partial charge < -0.3 is 15.6 Å². The second kappa shape index (κ2) is 6.22. The van der Waals surface area contributed by atoms with Crippen LogP contribution in [0.5, 0.6) is 0 Å². The van der Waals surface area contributed by atoms with Gasteiger partial charge in [0.25, 0.3) is 5.91 Å². The molecule has 1 atom stereocenters. The van der Waals surface area contributed by atoms with Gasteiger partial charge in [-0.25, -0.2) is 0 Å². The summed E-state index contributed by atoms with van der Waals surface area (Å²) in [6.07, 6.45) is 3.01. The molecule has 0 bridgehead atoms. The van der Waals surface area contributed by atoms with E-state index in [1.165, 1.54) is 0 Å². The lowest BCUT2D eigenvalue weighted by atomic mass is 10.2. The molecule has 0 spiro atoms. The highest BCUT2D eigenvalue weighted by Gasteiger charge is 2.21. The fourth-order valence-corrected chi connectivity index (χ4v) is 3.19. The van der Waals surface area contributed by atoms with E-state index in [-0.39, 0.29) is 11.9 Å². The molecule has 1 unspecified atom stereocenters. The third-order valence-corrected chi connectivity index (χ3v) is 4.34. The van der Waals surface area contributed by atoms with E-state index in [1.54, 1.807) is 11.8 Å². The quantitative estimate of drug-likeness (QED) is 0.833. The number of carbonyl (C=O) groups excluding carboxylic acids is 1. The average molecular weight is 291 g/mol. The number of rotatable bonds is 5. The molecule has 1 aromatic heterocycles. The Morgan fingerprint density at radius 2 is 2.25 bits per heavy atom. The van der Waals surface area contributed by atoms with Crippen LogP contribution in [0.1, 0.15) is 23.8 Å². The van der Waals surface area contributed by atoms with Crippen molar-refractivity contribution >= 4 is 34.3 Å². The van der Waals surface area contributed by atoms with Crippen LogP contribution >= 0.6 is 11.8 Å². The molecule has 108 valence electrons. The molecule has 2 aromatic rings. The van der Waals surface area contributed by atoms with Crippen molar-refractivity contribution in [1.82, 2.24) is 9.88 Å². The predicted octanol–water partition coefficient (Wildman–Crippen LogP) is 2.96. The molecule has 0 aliphatic rings. The molecule has 1 amide bonds. The number of fused-ring (bicyclic) bond motifs is 1. The van der Waals surface area contributed by atoms with Gasteiger partial charge in [-0.1, -0.05) is 19.1 Å². The number of nitrogen functional groups attached to an aromatic ring is 1. The van der Waals surface area contributed by atoms with Gasteiger partial charge >= 0.3 is 0 Å². The lowest BCUT2D eigenvalue weighted by Gasteiger charge is -2.26. The largest absolute Gasteiger partial charge is 0.397 e. The smallest absolute Gasteiger partial charge is 0.270 e. The van der Waals surface area contributed by atoms with Crippen LogP contribution in [0.2, 0.25) is 0 Å². The first-order valence-corrected chi connectivity index (χ1v) is 8.11. The molecule has 4 nitrogen and oxygen atoms in total. The normalized spacial score (nSPS) is 12.6. The number of aromatic amines is 1. The molecular formula is C15H21N3OS. The Kier molecular flexibility index (Phi) is 4.60. The molecule has 0 radical (unpaired) electrons. The molecule has 0 fully saturated rings. The lowest BCUT2D eigenvalue weighted by Crippen LogP contribution is -2.38. The number of hydrogen-bond donors (Lipinski definition) is 2. The highest BCUT2D eigenvalue weighted by Crippen LogP contribution is 2.22. The zero-order chi connectivity index (χ0) is 14.7. The van der Waals surface area contributed by atoms with Crippen LogP contribution in [0.15, 0.2) is 24.3 Å². The highest BCUT2D eigenvalue weighted by atomic mass is 32.2. The van der Waals surface area contributed by atoms with Crippen molar-refractivity contribution in [2.75, 3.05) is 24.8 Å². The Labute approximate surface area is 123 Å². The molecule has 1 aromatic carbocycles. The summed E-state index contributed by atoms with van der Waals surface area (Å²) >= 11 is 1.76. The number of carbonyl (C=O) groups is 1. The summed E-state index contributed by atoms with van der Waals surface area (Å²) in [5.41, 5.74) is 8.02. The first kappa shape index (κ1) is 14.8. The zero-order valence-electron chi connectivity index (χ0n) is 12.1. The fraction of sp³-hybridized carbons (Fsp3) is 0.400. The maximum absolute atomic E-state index is 12.5. The van der Waals surface area contributed by atoms with Crippen molar-refractivity contribution < 1.29 is 4.79 Å². The molecule has 5 heteroatoms. The summed E-state index contributed by atoms with van der Waals surface area (Å²) < 4.78 is 0. The summed E-state index contributed by atoms with van der Waals surface area (Å²) in [7, 11) is 1.86. The zero-order valence-corrected chi connectivity index (χ0v) is 13.0. The van der Waals surface area contributed by atoms with Crippen molar-refractivity contribution in [1.29, 1.82) is 0 Å². The van der Waals surface area contributed by atoms with E-state index < -0.39 is 0 Å². The number of nitrogens with zero attached hydrogens (tertiary/aromatic N) is 1. The van der Waals surface area contributed by atoms with Crippen molar-refractivity contribution in [3.63, 3.8) is 0 Å². The summed E-state index contributed by atoms with van der Waals surface area (Å²) in [5.74, 6) is 0.961. The topological polar surface area (TPSA) is 62.1 Å². The van der Waals surface area contributed by atoms with Gasteiger partial charge in [0.1, 0.15) is 5.69 Å². The predicted molar refractivity (Wildman–Crippen MR) is 87.3 cm³/mol. The van der Waals surface area contributed by atoms with Gasteiger partial charge in [-0.3, -0.25) is 4.79 Å². The Balaban J connectivity index is 2.28. The van der Waals surface area contributed by atoms with Crippen LogP contribution in [-0.2, 0) is 0 Å². The molecule has 0 aliphatic carbocycles. The number of nitrogens with two attached hydrogens (primary N) is 1. The summed E-state index contributed by atoms with van der Waals surface area (Å²) in [6, 6.07) is 7.81. The molecule has 1 heterocycles. The number of aromatic nitrogens is 1. The van der Waals surface area contributed by atoms with Crippen LogP contribution in [0, 0.1) is 0 Å². The Morgan fingerprint density at radius 3 is 2.85 bits per heavy atom. The summed E-state index contributed by atoms with van der Waals surface area (Å²) in [5, 5.41) is 0.972. The minimum absolute atomic E-state index is 0.0153. The van der Waals surface area contributed by atoms with Crippen LogP contribution in [0.3, 0.4) is 0 Å². The third kappa shape index (κ3) is 2.77. The SMILES string of the molecule is CCC(CSC)N(C)C(=O)c1cc2cccc(N)c2[nH]1. The second-order valence-corrected chi connectivity index (χ2v) is 5.84. The molecule has 0 aliphatic heterocycles. The summed E-state index contributed by atoms with van der Waals surface area (Å²) in [4.78, 5) is 17.5. The van der Waals surface area contributed by atoms with Crippen molar-refractivity contribution in [3.8, 4) is 0 Å². The number of amides is 1. The Hall–Kier alpha value is -1.62. The van der Waals surface area contributed by atoms with Gasteiger partial charge in [0.15, 0.2) is 0 Å². The van der Waals surface area contributed by atoms with E-state index in [2.05, 4.69) is 18.2 Å².